The highest BCUT2D eigenvalue weighted by Gasteiger charge is 2.65. The molecule has 11 heteroatoms. The molecule has 2 aliphatic rings. The molecule has 3 heterocycles. The second-order valence-electron chi connectivity index (χ2n) is 10.9. The SMILES string of the molecule is COc1cccc(F)c1-c1cc2c(nn1)[C@]1(c3cccc(-n4cnc(CCS(C)(=O)=O)n4)n3)CC[C@@H]2C1(C)C. The summed E-state index contributed by atoms with van der Waals surface area (Å²) in [4.78, 5) is 9.30. The van der Waals surface area contributed by atoms with E-state index in [0.717, 1.165) is 29.8 Å². The molecule has 39 heavy (non-hydrogen) atoms. The number of aromatic nitrogens is 6. The molecule has 1 fully saturated rings. The van der Waals surface area contributed by atoms with Gasteiger partial charge in [-0.2, -0.15) is 5.10 Å². The van der Waals surface area contributed by atoms with Crippen LogP contribution in [-0.4, -0.2) is 57.5 Å². The third-order valence-electron chi connectivity index (χ3n) is 8.48. The maximum atomic E-state index is 14.9. The van der Waals surface area contributed by atoms with Crippen LogP contribution in [0.5, 0.6) is 5.75 Å². The number of benzene rings is 1. The molecule has 1 saturated carbocycles. The molecule has 0 aliphatic heterocycles. The first-order chi connectivity index (χ1) is 18.5. The van der Waals surface area contributed by atoms with Crippen molar-refractivity contribution >= 4 is 9.84 Å². The minimum Gasteiger partial charge on any atom is -0.496 e. The lowest BCUT2D eigenvalue weighted by Crippen LogP contribution is -2.38. The number of hydrogen-bond acceptors (Lipinski definition) is 8. The van der Waals surface area contributed by atoms with Gasteiger partial charge in [-0.3, -0.25) is 0 Å². The van der Waals surface area contributed by atoms with Crippen molar-refractivity contribution in [3.05, 3.63) is 77.4 Å². The Morgan fingerprint density at radius 3 is 2.72 bits per heavy atom. The molecule has 0 unspecified atom stereocenters. The average Bonchev–Trinajstić information content (AvgIpc) is 3.54. The predicted molar refractivity (Wildman–Crippen MR) is 143 cm³/mol. The number of ether oxygens (including phenoxy) is 1. The summed E-state index contributed by atoms with van der Waals surface area (Å²) >= 11 is 0. The first-order valence-electron chi connectivity index (χ1n) is 12.8. The Kier molecular flexibility index (Phi) is 5.83. The molecule has 0 saturated heterocycles. The maximum Gasteiger partial charge on any atom is 0.155 e. The highest BCUT2D eigenvalue weighted by Crippen LogP contribution is 2.69. The lowest BCUT2D eigenvalue weighted by Gasteiger charge is -2.37. The lowest BCUT2D eigenvalue weighted by atomic mass is 9.66. The molecule has 3 aromatic heterocycles. The van der Waals surface area contributed by atoms with Crippen LogP contribution in [0.2, 0.25) is 0 Å². The van der Waals surface area contributed by atoms with E-state index in [2.05, 4.69) is 29.0 Å². The van der Waals surface area contributed by atoms with Crippen LogP contribution >= 0.6 is 0 Å². The summed E-state index contributed by atoms with van der Waals surface area (Å²) in [5, 5.41) is 13.7. The Balaban J connectivity index is 1.41. The summed E-state index contributed by atoms with van der Waals surface area (Å²) in [6.07, 6.45) is 4.80. The van der Waals surface area contributed by atoms with E-state index in [0.29, 0.717) is 28.6 Å². The third-order valence-corrected chi connectivity index (χ3v) is 9.42. The zero-order valence-electron chi connectivity index (χ0n) is 22.2. The van der Waals surface area contributed by atoms with Crippen LogP contribution in [0.4, 0.5) is 4.39 Å². The van der Waals surface area contributed by atoms with E-state index in [1.165, 1.54) is 19.4 Å². The number of fused-ring (bicyclic) bond motifs is 5. The van der Waals surface area contributed by atoms with Gasteiger partial charge in [-0.05, 0) is 60.1 Å². The largest absolute Gasteiger partial charge is 0.496 e. The van der Waals surface area contributed by atoms with Crippen molar-refractivity contribution in [2.24, 2.45) is 5.41 Å². The second kappa shape index (κ2) is 8.90. The molecule has 2 bridgehead atoms. The van der Waals surface area contributed by atoms with Crippen LogP contribution < -0.4 is 4.74 Å². The van der Waals surface area contributed by atoms with Crippen molar-refractivity contribution in [2.75, 3.05) is 19.1 Å². The normalized spacial score (nSPS) is 21.2. The highest BCUT2D eigenvalue weighted by molar-refractivity contribution is 7.90. The molecule has 0 spiro atoms. The quantitative estimate of drug-likeness (QED) is 0.340. The number of methoxy groups -OCH3 is 1. The van der Waals surface area contributed by atoms with Crippen molar-refractivity contribution < 1.29 is 17.5 Å². The van der Waals surface area contributed by atoms with E-state index in [4.69, 9.17) is 14.8 Å². The zero-order valence-corrected chi connectivity index (χ0v) is 23.0. The first-order valence-corrected chi connectivity index (χ1v) is 14.9. The molecule has 2 atom stereocenters. The summed E-state index contributed by atoms with van der Waals surface area (Å²) in [5.74, 6) is 1.24. The molecule has 6 rings (SSSR count). The number of nitrogens with zero attached hydrogens (tertiary/aromatic N) is 6. The molecule has 2 aliphatic carbocycles. The number of pyridine rings is 1. The minimum absolute atomic E-state index is 0.0145. The van der Waals surface area contributed by atoms with Gasteiger partial charge in [-0.1, -0.05) is 26.0 Å². The summed E-state index contributed by atoms with van der Waals surface area (Å²) in [6, 6.07) is 12.5. The van der Waals surface area contributed by atoms with Gasteiger partial charge in [0.2, 0.25) is 0 Å². The van der Waals surface area contributed by atoms with Crippen molar-refractivity contribution in [3.8, 4) is 22.8 Å². The van der Waals surface area contributed by atoms with Gasteiger partial charge in [0.1, 0.15) is 27.7 Å². The van der Waals surface area contributed by atoms with Gasteiger partial charge in [-0.25, -0.2) is 27.5 Å². The zero-order chi connectivity index (χ0) is 27.6. The molecule has 1 aromatic carbocycles. The predicted octanol–water partition coefficient (Wildman–Crippen LogP) is 4.06. The van der Waals surface area contributed by atoms with E-state index >= 15 is 0 Å². The number of aryl methyl sites for hydroxylation is 1. The summed E-state index contributed by atoms with van der Waals surface area (Å²) in [7, 11) is -1.60. The van der Waals surface area contributed by atoms with Crippen LogP contribution in [0.25, 0.3) is 17.1 Å². The van der Waals surface area contributed by atoms with Gasteiger partial charge in [0.25, 0.3) is 0 Å². The van der Waals surface area contributed by atoms with E-state index in [1.807, 2.05) is 24.3 Å². The highest BCUT2D eigenvalue weighted by atomic mass is 32.2. The van der Waals surface area contributed by atoms with Crippen molar-refractivity contribution in [3.63, 3.8) is 0 Å². The standard InChI is InChI=1S/C28H29FN6O3S/c1-27(2)18-11-13-28(27,26-17(18)15-20(32-33-26)25-19(29)7-5-8-21(25)38-3)22-9-6-10-24(31-22)35-16-30-23(34-35)12-14-39(4,36)37/h5-10,15-16,18H,11-14H2,1-4H3/t18-,28+/m0/s1. The number of halogens is 1. The monoisotopic (exact) mass is 548 g/mol. The van der Waals surface area contributed by atoms with Gasteiger partial charge in [0.05, 0.1) is 40.9 Å². The van der Waals surface area contributed by atoms with E-state index in [1.54, 1.807) is 23.1 Å². The van der Waals surface area contributed by atoms with Gasteiger partial charge in [0.15, 0.2) is 11.6 Å². The molecular weight excluding hydrogens is 519 g/mol. The Labute approximate surface area is 226 Å². The molecule has 4 aromatic rings. The Morgan fingerprint density at radius 2 is 1.95 bits per heavy atom. The number of rotatable bonds is 7. The number of hydrogen-bond donors (Lipinski definition) is 0. The van der Waals surface area contributed by atoms with Gasteiger partial charge >= 0.3 is 0 Å². The van der Waals surface area contributed by atoms with Crippen molar-refractivity contribution in [1.82, 2.24) is 29.9 Å². The van der Waals surface area contributed by atoms with Gasteiger partial charge in [-0.15, -0.1) is 10.2 Å². The van der Waals surface area contributed by atoms with E-state index < -0.39 is 21.1 Å². The Bertz CT molecular complexity index is 1700. The van der Waals surface area contributed by atoms with Crippen molar-refractivity contribution in [2.45, 2.75) is 44.4 Å². The lowest BCUT2D eigenvalue weighted by molar-refractivity contribution is 0.242. The average molecular weight is 549 g/mol. The van der Waals surface area contributed by atoms with Crippen LogP contribution in [-0.2, 0) is 21.7 Å². The molecule has 202 valence electrons. The van der Waals surface area contributed by atoms with Crippen molar-refractivity contribution in [1.29, 1.82) is 0 Å². The van der Waals surface area contributed by atoms with Gasteiger partial charge < -0.3 is 4.74 Å². The topological polar surface area (TPSA) is 113 Å². The Hall–Kier alpha value is -3.73. The fourth-order valence-corrected chi connectivity index (χ4v) is 7.08. The molecule has 0 amide bonds. The van der Waals surface area contributed by atoms with E-state index in [9.17, 15) is 12.8 Å². The van der Waals surface area contributed by atoms with Crippen LogP contribution in [0.3, 0.4) is 0 Å². The number of sulfone groups is 1. The molecule has 9 nitrogen and oxygen atoms in total. The minimum atomic E-state index is -3.12. The second-order valence-corrected chi connectivity index (χ2v) is 13.2. The summed E-state index contributed by atoms with van der Waals surface area (Å²) < 4.78 is 45.0. The molecule has 0 N–H and O–H groups in total. The van der Waals surface area contributed by atoms with Crippen LogP contribution in [0.1, 0.15) is 55.4 Å². The van der Waals surface area contributed by atoms with E-state index in [-0.39, 0.29) is 23.5 Å². The molecule has 0 radical (unpaired) electrons. The fourth-order valence-electron chi connectivity index (χ4n) is 6.52. The summed E-state index contributed by atoms with van der Waals surface area (Å²) in [6.45, 7) is 4.48. The Morgan fingerprint density at radius 1 is 1.15 bits per heavy atom. The van der Waals surface area contributed by atoms with Gasteiger partial charge in [0, 0.05) is 12.7 Å². The van der Waals surface area contributed by atoms with Crippen LogP contribution in [0.15, 0.2) is 48.8 Å². The summed E-state index contributed by atoms with van der Waals surface area (Å²) in [5.41, 5.74) is 2.88. The van der Waals surface area contributed by atoms with Crippen LogP contribution in [0, 0.1) is 11.2 Å². The maximum absolute atomic E-state index is 14.9. The third kappa shape index (κ3) is 3.93. The smallest absolute Gasteiger partial charge is 0.155 e. The first kappa shape index (κ1) is 25.5. The fraction of sp³-hybridized carbons (Fsp3) is 0.393. The molecular formula is C28H29FN6O3S.